The van der Waals surface area contributed by atoms with Gasteiger partial charge in [0, 0.05) is 43.0 Å². The zero-order chi connectivity index (χ0) is 19.2. The van der Waals surface area contributed by atoms with Crippen LogP contribution in [0.2, 0.25) is 0 Å². The maximum atomic E-state index is 12.8. The van der Waals surface area contributed by atoms with Crippen molar-refractivity contribution in [3.8, 4) is 0 Å². The van der Waals surface area contributed by atoms with Crippen molar-refractivity contribution in [1.82, 2.24) is 14.7 Å². The van der Waals surface area contributed by atoms with E-state index in [9.17, 15) is 9.59 Å². The van der Waals surface area contributed by atoms with Crippen LogP contribution in [0.1, 0.15) is 56.4 Å². The molecule has 0 saturated carbocycles. The van der Waals surface area contributed by atoms with Crippen LogP contribution in [0.5, 0.6) is 0 Å². The minimum absolute atomic E-state index is 0.106. The van der Waals surface area contributed by atoms with Crippen molar-refractivity contribution in [2.75, 3.05) is 39.8 Å². The number of piperidine rings is 1. The van der Waals surface area contributed by atoms with Gasteiger partial charge in [-0.15, -0.1) is 11.3 Å². The Hall–Kier alpha value is -1.40. The number of carbonyl (C=O) groups excluding carboxylic acids is 2. The molecule has 5 nitrogen and oxygen atoms in total. The molecule has 0 N–H and O–H groups in total. The van der Waals surface area contributed by atoms with Gasteiger partial charge in [0.25, 0.3) is 0 Å². The maximum absolute atomic E-state index is 12.8. The number of hydrogen-bond donors (Lipinski definition) is 0. The number of carbonyl (C=O) groups is 2. The van der Waals surface area contributed by atoms with Crippen molar-refractivity contribution in [1.29, 1.82) is 0 Å². The molecule has 150 valence electrons. The first-order chi connectivity index (χ1) is 13.1. The van der Waals surface area contributed by atoms with E-state index >= 15 is 0 Å². The third-order valence-corrected chi connectivity index (χ3v) is 7.16. The molecule has 2 aliphatic rings. The van der Waals surface area contributed by atoms with Gasteiger partial charge in [0.15, 0.2) is 0 Å². The monoisotopic (exact) mass is 391 g/mol. The fraction of sp³-hybridized carbons (Fsp3) is 0.714. The molecule has 1 unspecified atom stereocenters. The summed E-state index contributed by atoms with van der Waals surface area (Å²) in [6.07, 6.45) is 6.38. The van der Waals surface area contributed by atoms with Gasteiger partial charge in [-0.2, -0.15) is 0 Å². The molecule has 0 radical (unpaired) electrons. The molecule has 0 aliphatic carbocycles. The standard InChI is InChI=1S/C21H33N3O2S/c1-17(19-8-7-15-27-19)22(2)16-20(25)23-13-9-18(10-14-23)21(26)24-11-5-3-4-6-12-24/h7-8,15,17-18H,3-6,9-14,16H2,1-2H3. The molecular weight excluding hydrogens is 358 g/mol. The topological polar surface area (TPSA) is 43.9 Å². The van der Waals surface area contributed by atoms with E-state index in [1.54, 1.807) is 11.3 Å². The number of nitrogens with zero attached hydrogens (tertiary/aromatic N) is 3. The predicted octanol–water partition coefficient (Wildman–Crippen LogP) is 3.38. The van der Waals surface area contributed by atoms with E-state index in [1.807, 2.05) is 11.9 Å². The molecule has 2 fully saturated rings. The summed E-state index contributed by atoms with van der Waals surface area (Å²) in [6, 6.07) is 4.42. The van der Waals surface area contributed by atoms with Crippen LogP contribution in [-0.2, 0) is 9.59 Å². The summed E-state index contributed by atoms with van der Waals surface area (Å²) in [5.41, 5.74) is 0. The molecule has 0 aromatic carbocycles. The summed E-state index contributed by atoms with van der Waals surface area (Å²) in [7, 11) is 2.01. The van der Waals surface area contributed by atoms with Gasteiger partial charge in [0.2, 0.25) is 11.8 Å². The number of rotatable bonds is 5. The molecule has 0 spiro atoms. The molecule has 1 atom stereocenters. The second-order valence-electron chi connectivity index (χ2n) is 8.00. The Kier molecular flexibility index (Phi) is 7.30. The molecule has 0 bridgehead atoms. The molecule has 3 heterocycles. The molecule has 27 heavy (non-hydrogen) atoms. The van der Waals surface area contributed by atoms with Crippen molar-refractivity contribution in [2.45, 2.75) is 51.5 Å². The fourth-order valence-electron chi connectivity index (χ4n) is 4.12. The van der Waals surface area contributed by atoms with E-state index in [4.69, 9.17) is 0 Å². The lowest BCUT2D eigenvalue weighted by Crippen LogP contribution is -2.47. The summed E-state index contributed by atoms with van der Waals surface area (Å²) in [5, 5.41) is 2.08. The summed E-state index contributed by atoms with van der Waals surface area (Å²) in [4.78, 5) is 32.9. The Morgan fingerprint density at radius 3 is 2.37 bits per heavy atom. The maximum Gasteiger partial charge on any atom is 0.236 e. The molecule has 6 heteroatoms. The highest BCUT2D eigenvalue weighted by molar-refractivity contribution is 7.10. The Morgan fingerprint density at radius 2 is 1.78 bits per heavy atom. The lowest BCUT2D eigenvalue weighted by molar-refractivity contribution is -0.141. The SMILES string of the molecule is CC(c1cccs1)N(C)CC(=O)N1CCC(C(=O)N2CCCCCC2)CC1. The summed E-state index contributed by atoms with van der Waals surface area (Å²) < 4.78 is 0. The van der Waals surface area contributed by atoms with Crippen molar-refractivity contribution < 1.29 is 9.59 Å². The number of thiophene rings is 1. The summed E-state index contributed by atoms with van der Waals surface area (Å²) in [6.45, 7) is 5.84. The highest BCUT2D eigenvalue weighted by atomic mass is 32.1. The number of likely N-dealkylation sites (N-methyl/N-ethyl adjacent to an activating group) is 1. The average Bonchev–Trinajstić information content (AvgIpc) is 3.09. The molecule has 2 saturated heterocycles. The van der Waals surface area contributed by atoms with Crippen LogP contribution >= 0.6 is 11.3 Å². The third kappa shape index (κ3) is 5.32. The fourth-order valence-corrected chi connectivity index (χ4v) is 4.97. The lowest BCUT2D eigenvalue weighted by atomic mass is 9.95. The van der Waals surface area contributed by atoms with Gasteiger partial charge in [-0.3, -0.25) is 14.5 Å². The minimum Gasteiger partial charge on any atom is -0.342 e. The van der Waals surface area contributed by atoms with Crippen molar-refractivity contribution in [2.24, 2.45) is 5.92 Å². The van der Waals surface area contributed by atoms with Crippen LogP contribution in [0.15, 0.2) is 17.5 Å². The second-order valence-corrected chi connectivity index (χ2v) is 8.98. The smallest absolute Gasteiger partial charge is 0.236 e. The Bertz CT molecular complexity index is 603. The quantitative estimate of drug-likeness (QED) is 0.773. The Labute approximate surface area is 167 Å². The van der Waals surface area contributed by atoms with Crippen LogP contribution in [0, 0.1) is 5.92 Å². The summed E-state index contributed by atoms with van der Waals surface area (Å²) >= 11 is 1.73. The minimum atomic E-state index is 0.106. The van der Waals surface area contributed by atoms with Crippen molar-refractivity contribution in [3.05, 3.63) is 22.4 Å². The predicted molar refractivity (Wildman–Crippen MR) is 110 cm³/mol. The molecule has 1 aromatic rings. The van der Waals surface area contributed by atoms with Gasteiger partial charge >= 0.3 is 0 Å². The Balaban J connectivity index is 1.45. The zero-order valence-corrected chi connectivity index (χ0v) is 17.5. The van der Waals surface area contributed by atoms with Gasteiger partial charge in [0.1, 0.15) is 0 Å². The van der Waals surface area contributed by atoms with E-state index in [1.165, 1.54) is 17.7 Å². The Morgan fingerprint density at radius 1 is 1.11 bits per heavy atom. The van der Waals surface area contributed by atoms with Crippen LogP contribution < -0.4 is 0 Å². The first-order valence-corrected chi connectivity index (χ1v) is 11.2. The third-order valence-electron chi connectivity index (χ3n) is 6.12. The number of likely N-dealkylation sites (tertiary alicyclic amines) is 2. The van der Waals surface area contributed by atoms with Crippen LogP contribution in [0.25, 0.3) is 0 Å². The van der Waals surface area contributed by atoms with E-state index in [-0.39, 0.29) is 17.9 Å². The second kappa shape index (κ2) is 9.69. The number of hydrogen-bond acceptors (Lipinski definition) is 4. The number of amides is 2. The van der Waals surface area contributed by atoms with Gasteiger partial charge in [-0.05, 0) is 51.1 Å². The van der Waals surface area contributed by atoms with Crippen LogP contribution in [0.4, 0.5) is 0 Å². The lowest BCUT2D eigenvalue weighted by Gasteiger charge is -2.35. The molecular formula is C21H33N3O2S. The van der Waals surface area contributed by atoms with Crippen molar-refractivity contribution >= 4 is 23.2 Å². The van der Waals surface area contributed by atoms with E-state index < -0.39 is 0 Å². The molecule has 3 rings (SSSR count). The average molecular weight is 392 g/mol. The van der Waals surface area contributed by atoms with E-state index in [0.29, 0.717) is 25.5 Å². The van der Waals surface area contributed by atoms with E-state index in [2.05, 4.69) is 34.2 Å². The largest absolute Gasteiger partial charge is 0.342 e. The van der Waals surface area contributed by atoms with Gasteiger partial charge in [-0.25, -0.2) is 0 Å². The molecule has 2 amide bonds. The molecule has 2 aliphatic heterocycles. The molecule has 1 aromatic heterocycles. The van der Waals surface area contributed by atoms with Gasteiger partial charge in [0.05, 0.1) is 6.54 Å². The highest BCUT2D eigenvalue weighted by Crippen LogP contribution is 2.25. The van der Waals surface area contributed by atoms with Crippen LogP contribution in [0.3, 0.4) is 0 Å². The van der Waals surface area contributed by atoms with E-state index in [0.717, 1.165) is 38.8 Å². The first-order valence-electron chi connectivity index (χ1n) is 10.4. The highest BCUT2D eigenvalue weighted by Gasteiger charge is 2.31. The summed E-state index contributed by atoms with van der Waals surface area (Å²) in [5.74, 6) is 0.615. The van der Waals surface area contributed by atoms with Gasteiger partial charge in [-0.1, -0.05) is 18.9 Å². The zero-order valence-electron chi connectivity index (χ0n) is 16.7. The first kappa shape index (κ1) is 20.3. The normalized spacial score (nSPS) is 20.6. The van der Waals surface area contributed by atoms with Crippen LogP contribution in [-0.4, -0.2) is 66.3 Å². The van der Waals surface area contributed by atoms with Gasteiger partial charge < -0.3 is 9.80 Å². The van der Waals surface area contributed by atoms with Crippen molar-refractivity contribution in [3.63, 3.8) is 0 Å².